The fourth-order valence-electron chi connectivity index (χ4n) is 3.63. The van der Waals surface area contributed by atoms with Gasteiger partial charge in [-0.25, -0.2) is 0 Å². The minimum absolute atomic E-state index is 0.192. The Kier molecular flexibility index (Phi) is 2.87. The number of carbonyl (C=O) groups is 1. The van der Waals surface area contributed by atoms with Gasteiger partial charge in [-0.05, 0) is 24.7 Å². The number of hydrogen-bond acceptors (Lipinski definition) is 3. The number of nitrogens with one attached hydrogen (secondary N) is 2. The molecule has 0 radical (unpaired) electrons. The molecule has 2 saturated carbocycles. The first-order valence-corrected chi connectivity index (χ1v) is 6.88. The number of hydrogen-bond donors (Lipinski definition) is 3. The fourth-order valence-corrected chi connectivity index (χ4v) is 3.63. The summed E-state index contributed by atoms with van der Waals surface area (Å²) in [4.78, 5) is 12.0. The third kappa shape index (κ3) is 2.08. The predicted octanol–water partition coefficient (Wildman–Crippen LogP) is 0.263. The molecule has 1 amide bonds. The van der Waals surface area contributed by atoms with Gasteiger partial charge in [-0.15, -0.1) is 0 Å². The normalized spacial score (nSPS) is 38.5. The molecule has 1 aliphatic heterocycles. The molecule has 3 atom stereocenters. The van der Waals surface area contributed by atoms with Crippen molar-refractivity contribution in [3.8, 4) is 0 Å². The summed E-state index contributed by atoms with van der Waals surface area (Å²) in [6, 6.07) is 0. The van der Waals surface area contributed by atoms with E-state index in [0.717, 1.165) is 13.0 Å². The van der Waals surface area contributed by atoms with Gasteiger partial charge in [0, 0.05) is 31.5 Å². The van der Waals surface area contributed by atoms with Crippen LogP contribution in [-0.4, -0.2) is 36.8 Å². The lowest BCUT2D eigenvalue weighted by atomic mass is 10.0. The Morgan fingerprint density at radius 1 is 1.35 bits per heavy atom. The van der Waals surface area contributed by atoms with Crippen LogP contribution in [0.4, 0.5) is 0 Å². The van der Waals surface area contributed by atoms with E-state index in [2.05, 4.69) is 10.6 Å². The van der Waals surface area contributed by atoms with E-state index in [1.807, 2.05) is 0 Å². The molecule has 3 rings (SSSR count). The highest BCUT2D eigenvalue weighted by atomic mass is 16.3. The summed E-state index contributed by atoms with van der Waals surface area (Å²) < 4.78 is 0. The number of rotatable bonds is 3. The van der Waals surface area contributed by atoms with Gasteiger partial charge in [0.15, 0.2) is 0 Å². The average molecular weight is 238 g/mol. The van der Waals surface area contributed by atoms with Crippen molar-refractivity contribution >= 4 is 5.91 Å². The highest BCUT2D eigenvalue weighted by molar-refractivity contribution is 5.82. The molecule has 3 unspecified atom stereocenters. The molecule has 0 aromatic rings. The fraction of sp³-hybridized carbons (Fsp3) is 0.923. The van der Waals surface area contributed by atoms with E-state index in [0.29, 0.717) is 18.5 Å². The lowest BCUT2D eigenvalue weighted by Gasteiger charge is -2.15. The third-order valence-corrected chi connectivity index (χ3v) is 4.95. The molecule has 3 N–H and O–H groups in total. The number of β-amino-alcohol motifs (C(OH)–C–C–N with tert-alkyl or cyclic N) is 1. The molecule has 2 aliphatic carbocycles. The lowest BCUT2D eigenvalue weighted by Crippen LogP contribution is -2.35. The number of carbonyl (C=O) groups excluding carboxylic acids is 1. The first kappa shape index (κ1) is 11.5. The van der Waals surface area contributed by atoms with Crippen molar-refractivity contribution in [2.45, 2.75) is 38.2 Å². The number of aliphatic hydroxyl groups excluding tert-OH is 1. The van der Waals surface area contributed by atoms with E-state index in [1.54, 1.807) is 0 Å². The summed E-state index contributed by atoms with van der Waals surface area (Å²) in [5.74, 6) is 0.694. The van der Waals surface area contributed by atoms with Crippen LogP contribution in [0.5, 0.6) is 0 Å². The van der Waals surface area contributed by atoms with Gasteiger partial charge >= 0.3 is 0 Å². The van der Waals surface area contributed by atoms with Gasteiger partial charge in [-0.1, -0.05) is 12.8 Å². The Bertz CT molecular complexity index is 313. The first-order valence-electron chi connectivity index (χ1n) is 6.88. The number of amides is 1. The minimum atomic E-state index is -0.296. The van der Waals surface area contributed by atoms with Crippen molar-refractivity contribution in [2.24, 2.45) is 17.3 Å². The average Bonchev–Trinajstić information content (AvgIpc) is 2.63. The Balaban J connectivity index is 1.45. The molecule has 1 spiro atoms. The first-order chi connectivity index (χ1) is 8.21. The molecular weight excluding hydrogens is 216 g/mol. The zero-order valence-electron chi connectivity index (χ0n) is 10.2. The second kappa shape index (κ2) is 4.25. The summed E-state index contributed by atoms with van der Waals surface area (Å²) in [5, 5.41) is 15.8. The molecule has 4 heteroatoms. The van der Waals surface area contributed by atoms with Crippen molar-refractivity contribution in [3.05, 3.63) is 0 Å². The quantitative estimate of drug-likeness (QED) is 0.661. The molecule has 0 aromatic heterocycles. The molecule has 1 saturated heterocycles. The summed E-state index contributed by atoms with van der Waals surface area (Å²) >= 11 is 0. The Hall–Kier alpha value is -0.610. The van der Waals surface area contributed by atoms with Gasteiger partial charge in [-0.3, -0.25) is 4.79 Å². The smallest absolute Gasteiger partial charge is 0.223 e. The van der Waals surface area contributed by atoms with Crippen LogP contribution in [0.25, 0.3) is 0 Å². The minimum Gasteiger partial charge on any atom is -0.391 e. The van der Waals surface area contributed by atoms with Crippen LogP contribution in [0.1, 0.15) is 32.1 Å². The molecule has 4 nitrogen and oxygen atoms in total. The monoisotopic (exact) mass is 238 g/mol. The highest BCUT2D eigenvalue weighted by Crippen LogP contribution is 2.62. The molecule has 0 bridgehead atoms. The Morgan fingerprint density at radius 2 is 2.12 bits per heavy atom. The molecular formula is C13H22N2O2. The van der Waals surface area contributed by atoms with Gasteiger partial charge in [-0.2, -0.15) is 0 Å². The molecule has 17 heavy (non-hydrogen) atoms. The van der Waals surface area contributed by atoms with Gasteiger partial charge in [0.25, 0.3) is 0 Å². The SMILES string of the molecule is O=C(NCC1CNCC1O)C1CC12CCCC2. The van der Waals surface area contributed by atoms with Crippen molar-refractivity contribution in [3.63, 3.8) is 0 Å². The Morgan fingerprint density at radius 3 is 2.76 bits per heavy atom. The largest absolute Gasteiger partial charge is 0.391 e. The van der Waals surface area contributed by atoms with Crippen molar-refractivity contribution in [1.82, 2.24) is 10.6 Å². The van der Waals surface area contributed by atoms with Gasteiger partial charge < -0.3 is 15.7 Å². The van der Waals surface area contributed by atoms with Crippen LogP contribution in [0.3, 0.4) is 0 Å². The predicted molar refractivity (Wildman–Crippen MR) is 64.4 cm³/mol. The zero-order valence-corrected chi connectivity index (χ0v) is 10.2. The van der Waals surface area contributed by atoms with Crippen molar-refractivity contribution in [2.75, 3.05) is 19.6 Å². The highest BCUT2D eigenvalue weighted by Gasteiger charge is 2.58. The molecule has 3 aliphatic rings. The standard InChI is InChI=1S/C13H22N2O2/c16-11-8-14-6-9(11)7-15-12(17)10-5-13(10)3-1-2-4-13/h9-11,14,16H,1-8H2,(H,15,17). The van der Waals surface area contributed by atoms with Crippen molar-refractivity contribution in [1.29, 1.82) is 0 Å². The van der Waals surface area contributed by atoms with Crippen molar-refractivity contribution < 1.29 is 9.90 Å². The van der Waals surface area contributed by atoms with E-state index < -0.39 is 0 Å². The van der Waals surface area contributed by atoms with E-state index in [1.165, 1.54) is 25.7 Å². The van der Waals surface area contributed by atoms with Gasteiger partial charge in [0.2, 0.25) is 5.91 Å². The third-order valence-electron chi connectivity index (χ3n) is 4.95. The zero-order chi connectivity index (χ0) is 11.9. The maximum Gasteiger partial charge on any atom is 0.223 e. The molecule has 96 valence electrons. The summed E-state index contributed by atoms with van der Waals surface area (Å²) in [6.07, 6.45) is 5.90. The summed E-state index contributed by atoms with van der Waals surface area (Å²) in [6.45, 7) is 2.10. The van der Waals surface area contributed by atoms with Gasteiger partial charge in [0.1, 0.15) is 0 Å². The second-order valence-electron chi connectivity index (χ2n) is 6.06. The second-order valence-corrected chi connectivity index (χ2v) is 6.06. The van der Waals surface area contributed by atoms with Crippen LogP contribution in [0, 0.1) is 17.3 Å². The van der Waals surface area contributed by atoms with Gasteiger partial charge in [0.05, 0.1) is 6.10 Å². The summed E-state index contributed by atoms with van der Waals surface area (Å²) in [5.41, 5.74) is 0.386. The van der Waals surface area contributed by atoms with E-state index in [9.17, 15) is 9.90 Å². The molecule has 1 heterocycles. The van der Waals surface area contributed by atoms with Crippen LogP contribution in [0.15, 0.2) is 0 Å². The van der Waals surface area contributed by atoms with E-state index >= 15 is 0 Å². The van der Waals surface area contributed by atoms with Crippen LogP contribution < -0.4 is 10.6 Å². The maximum atomic E-state index is 12.0. The van der Waals surface area contributed by atoms with Crippen LogP contribution in [0.2, 0.25) is 0 Å². The Labute approximate surface area is 102 Å². The number of aliphatic hydroxyl groups is 1. The van der Waals surface area contributed by atoms with E-state index in [4.69, 9.17) is 0 Å². The van der Waals surface area contributed by atoms with E-state index in [-0.39, 0.29) is 23.8 Å². The molecule has 0 aromatic carbocycles. The maximum absolute atomic E-state index is 12.0. The van der Waals surface area contributed by atoms with Crippen LogP contribution in [-0.2, 0) is 4.79 Å². The lowest BCUT2D eigenvalue weighted by molar-refractivity contribution is -0.123. The van der Waals surface area contributed by atoms with Crippen LogP contribution >= 0.6 is 0 Å². The summed E-state index contributed by atoms with van der Waals surface area (Å²) in [7, 11) is 0. The topological polar surface area (TPSA) is 61.4 Å². The molecule has 3 fully saturated rings.